The van der Waals surface area contributed by atoms with Crippen LogP contribution in [0.15, 0.2) is 6.07 Å². The van der Waals surface area contributed by atoms with Crippen LogP contribution in [0, 0.1) is 6.92 Å². The summed E-state index contributed by atoms with van der Waals surface area (Å²) in [6.45, 7) is 8.35. The first kappa shape index (κ1) is 10.9. The van der Waals surface area contributed by atoms with Gasteiger partial charge < -0.3 is 5.73 Å². The van der Waals surface area contributed by atoms with Crippen LogP contribution < -0.4 is 5.73 Å². The summed E-state index contributed by atoms with van der Waals surface area (Å²) in [6, 6.07) is 1.98. The summed E-state index contributed by atoms with van der Waals surface area (Å²) in [4.78, 5) is 4.48. The standard InChI is InChI=1S/C12H18N4/c1-7-9(13)6-8-10(12(2,3)4)15-16(5)11(8)14-7/h6H,13H2,1-5H3. The maximum Gasteiger partial charge on any atom is 0.158 e. The smallest absolute Gasteiger partial charge is 0.158 e. The second-order valence-corrected chi connectivity index (χ2v) is 5.26. The zero-order valence-corrected chi connectivity index (χ0v) is 10.5. The van der Waals surface area contributed by atoms with E-state index < -0.39 is 0 Å². The van der Waals surface area contributed by atoms with Crippen LogP contribution in [0.1, 0.15) is 32.2 Å². The lowest BCUT2D eigenvalue weighted by atomic mass is 9.90. The molecular weight excluding hydrogens is 200 g/mol. The first-order valence-corrected chi connectivity index (χ1v) is 5.41. The van der Waals surface area contributed by atoms with Crippen LogP contribution in [0.3, 0.4) is 0 Å². The van der Waals surface area contributed by atoms with Gasteiger partial charge in [0.1, 0.15) is 0 Å². The zero-order valence-electron chi connectivity index (χ0n) is 10.5. The molecule has 86 valence electrons. The second kappa shape index (κ2) is 3.20. The van der Waals surface area contributed by atoms with E-state index in [9.17, 15) is 0 Å². The molecule has 0 aliphatic carbocycles. The van der Waals surface area contributed by atoms with Crippen molar-refractivity contribution in [2.75, 3.05) is 5.73 Å². The van der Waals surface area contributed by atoms with Gasteiger partial charge in [-0.05, 0) is 13.0 Å². The van der Waals surface area contributed by atoms with Crippen molar-refractivity contribution in [3.05, 3.63) is 17.5 Å². The Balaban J connectivity index is 2.84. The molecule has 0 aliphatic rings. The van der Waals surface area contributed by atoms with Gasteiger partial charge in [-0.25, -0.2) is 4.98 Å². The molecule has 2 rings (SSSR count). The van der Waals surface area contributed by atoms with Gasteiger partial charge in [0.2, 0.25) is 0 Å². The number of nitrogen functional groups attached to an aromatic ring is 1. The van der Waals surface area contributed by atoms with Crippen molar-refractivity contribution in [2.45, 2.75) is 33.1 Å². The van der Waals surface area contributed by atoms with Crippen LogP contribution in [-0.4, -0.2) is 14.8 Å². The maximum atomic E-state index is 5.91. The van der Waals surface area contributed by atoms with Crippen LogP contribution in [-0.2, 0) is 12.5 Å². The van der Waals surface area contributed by atoms with Gasteiger partial charge in [-0.15, -0.1) is 0 Å². The number of fused-ring (bicyclic) bond motifs is 1. The van der Waals surface area contributed by atoms with Gasteiger partial charge in [0.05, 0.1) is 17.1 Å². The minimum atomic E-state index is 0.00287. The van der Waals surface area contributed by atoms with Crippen molar-refractivity contribution >= 4 is 16.7 Å². The normalized spacial score (nSPS) is 12.3. The van der Waals surface area contributed by atoms with Crippen LogP contribution >= 0.6 is 0 Å². The van der Waals surface area contributed by atoms with Gasteiger partial charge in [-0.1, -0.05) is 20.8 Å². The van der Waals surface area contributed by atoms with Gasteiger partial charge in [0.25, 0.3) is 0 Å². The number of hydrogen-bond donors (Lipinski definition) is 1. The Bertz CT molecular complexity index is 546. The largest absolute Gasteiger partial charge is 0.397 e. The summed E-state index contributed by atoms with van der Waals surface area (Å²) in [6.07, 6.45) is 0. The van der Waals surface area contributed by atoms with Gasteiger partial charge in [0, 0.05) is 17.8 Å². The van der Waals surface area contributed by atoms with Crippen molar-refractivity contribution in [1.82, 2.24) is 14.8 Å². The number of pyridine rings is 1. The molecule has 0 aromatic carbocycles. The molecular formula is C12H18N4. The molecule has 0 radical (unpaired) electrons. The molecule has 0 atom stereocenters. The highest BCUT2D eigenvalue weighted by Gasteiger charge is 2.22. The average molecular weight is 218 g/mol. The lowest BCUT2D eigenvalue weighted by molar-refractivity contribution is 0.558. The summed E-state index contributed by atoms with van der Waals surface area (Å²) < 4.78 is 1.82. The van der Waals surface area contributed by atoms with E-state index in [2.05, 4.69) is 30.9 Å². The Labute approximate surface area is 95.5 Å². The van der Waals surface area contributed by atoms with E-state index in [-0.39, 0.29) is 5.41 Å². The summed E-state index contributed by atoms with van der Waals surface area (Å²) >= 11 is 0. The van der Waals surface area contributed by atoms with E-state index in [1.54, 1.807) is 0 Å². The molecule has 0 amide bonds. The molecule has 2 N–H and O–H groups in total. The summed E-state index contributed by atoms with van der Waals surface area (Å²) in [5.41, 5.74) is 9.44. The highest BCUT2D eigenvalue weighted by atomic mass is 15.3. The van der Waals surface area contributed by atoms with Gasteiger partial charge in [-0.2, -0.15) is 5.10 Å². The minimum Gasteiger partial charge on any atom is -0.397 e. The molecule has 0 fully saturated rings. The summed E-state index contributed by atoms with van der Waals surface area (Å²) in [7, 11) is 1.92. The Morgan fingerprint density at radius 1 is 1.31 bits per heavy atom. The van der Waals surface area contributed by atoms with E-state index in [0.717, 1.165) is 28.1 Å². The van der Waals surface area contributed by atoms with Crippen molar-refractivity contribution in [1.29, 1.82) is 0 Å². The van der Waals surface area contributed by atoms with E-state index in [4.69, 9.17) is 5.73 Å². The molecule has 4 heteroatoms. The molecule has 2 aromatic rings. The number of aryl methyl sites for hydroxylation is 2. The fraction of sp³-hybridized carbons (Fsp3) is 0.500. The third-order valence-corrected chi connectivity index (χ3v) is 2.75. The van der Waals surface area contributed by atoms with E-state index in [1.165, 1.54) is 0 Å². The Hall–Kier alpha value is -1.58. The molecule has 4 nitrogen and oxygen atoms in total. The molecule has 0 saturated carbocycles. The third-order valence-electron chi connectivity index (χ3n) is 2.75. The van der Waals surface area contributed by atoms with Crippen molar-refractivity contribution in [3.63, 3.8) is 0 Å². The Morgan fingerprint density at radius 2 is 1.94 bits per heavy atom. The minimum absolute atomic E-state index is 0.00287. The molecule has 2 aromatic heterocycles. The highest BCUT2D eigenvalue weighted by Crippen LogP contribution is 2.29. The van der Waals surface area contributed by atoms with Gasteiger partial charge >= 0.3 is 0 Å². The van der Waals surface area contributed by atoms with E-state index in [1.807, 2.05) is 24.7 Å². The fourth-order valence-electron chi connectivity index (χ4n) is 1.83. The number of aromatic nitrogens is 3. The van der Waals surface area contributed by atoms with Crippen LogP contribution in [0.2, 0.25) is 0 Å². The van der Waals surface area contributed by atoms with Crippen molar-refractivity contribution in [2.24, 2.45) is 7.05 Å². The quantitative estimate of drug-likeness (QED) is 0.737. The Kier molecular flexibility index (Phi) is 2.19. The molecule has 0 saturated heterocycles. The van der Waals surface area contributed by atoms with E-state index >= 15 is 0 Å². The Morgan fingerprint density at radius 3 is 2.50 bits per heavy atom. The second-order valence-electron chi connectivity index (χ2n) is 5.26. The first-order chi connectivity index (χ1) is 7.30. The number of nitrogens with zero attached hydrogens (tertiary/aromatic N) is 3. The lowest BCUT2D eigenvalue weighted by Crippen LogP contribution is -2.12. The van der Waals surface area contributed by atoms with Crippen LogP contribution in [0.5, 0.6) is 0 Å². The predicted molar refractivity (Wildman–Crippen MR) is 66.4 cm³/mol. The predicted octanol–water partition coefficient (Wildman–Crippen LogP) is 2.16. The maximum absolute atomic E-state index is 5.91. The molecule has 2 heterocycles. The molecule has 0 aliphatic heterocycles. The number of anilines is 1. The highest BCUT2D eigenvalue weighted by molar-refractivity contribution is 5.83. The average Bonchev–Trinajstić information content (AvgIpc) is 2.45. The zero-order chi connectivity index (χ0) is 12.1. The summed E-state index contributed by atoms with van der Waals surface area (Å²) in [5, 5.41) is 5.60. The fourth-order valence-corrected chi connectivity index (χ4v) is 1.83. The number of rotatable bonds is 0. The monoisotopic (exact) mass is 218 g/mol. The van der Waals surface area contributed by atoms with Crippen molar-refractivity contribution in [3.8, 4) is 0 Å². The molecule has 16 heavy (non-hydrogen) atoms. The molecule has 0 spiro atoms. The third kappa shape index (κ3) is 1.54. The van der Waals surface area contributed by atoms with Crippen LogP contribution in [0.25, 0.3) is 11.0 Å². The summed E-state index contributed by atoms with van der Waals surface area (Å²) in [5.74, 6) is 0. The number of nitrogens with two attached hydrogens (primary N) is 1. The lowest BCUT2D eigenvalue weighted by Gasteiger charge is -2.15. The first-order valence-electron chi connectivity index (χ1n) is 5.41. The number of hydrogen-bond acceptors (Lipinski definition) is 3. The topological polar surface area (TPSA) is 56.7 Å². The van der Waals surface area contributed by atoms with Crippen LogP contribution in [0.4, 0.5) is 5.69 Å². The molecule has 0 unspecified atom stereocenters. The van der Waals surface area contributed by atoms with Gasteiger partial charge in [-0.3, -0.25) is 4.68 Å². The van der Waals surface area contributed by atoms with E-state index in [0.29, 0.717) is 0 Å². The van der Waals surface area contributed by atoms with Gasteiger partial charge in [0.15, 0.2) is 5.65 Å². The SMILES string of the molecule is Cc1nc2c(cc1N)c(C(C)(C)C)nn2C. The molecule has 0 bridgehead atoms. The van der Waals surface area contributed by atoms with Crippen molar-refractivity contribution < 1.29 is 0 Å².